The van der Waals surface area contributed by atoms with Crippen molar-refractivity contribution in [2.75, 3.05) is 14.1 Å². The molecule has 0 bridgehead atoms. The first-order chi connectivity index (χ1) is 8.59. The molecule has 18 heavy (non-hydrogen) atoms. The van der Waals surface area contributed by atoms with Gasteiger partial charge in [0.05, 0.1) is 14.1 Å². The van der Waals surface area contributed by atoms with Crippen LogP contribution in [0.15, 0.2) is 48.5 Å². The van der Waals surface area contributed by atoms with Crippen LogP contribution in [0.2, 0.25) is 0 Å². The maximum Gasteiger partial charge on any atom is 0.145 e. The highest BCUT2D eigenvalue weighted by atomic mass is 15.3. The molecule has 0 unspecified atom stereocenters. The van der Waals surface area contributed by atoms with Crippen molar-refractivity contribution >= 4 is 17.5 Å². The first kappa shape index (κ1) is 11.2. The number of benzene rings is 2. The number of aryl methyl sites for hydroxylation is 1. The van der Waals surface area contributed by atoms with Gasteiger partial charge in [0.25, 0.3) is 0 Å². The lowest BCUT2D eigenvalue weighted by Crippen LogP contribution is -2.36. The Morgan fingerprint density at radius 1 is 0.833 bits per heavy atom. The Kier molecular flexibility index (Phi) is 2.39. The molecule has 0 spiro atoms. The fraction of sp³-hybridized carbons (Fsp3) is 0.176. The first-order valence-corrected chi connectivity index (χ1v) is 6.32. The Morgan fingerprint density at radius 2 is 1.50 bits per heavy atom. The number of nitrogens with zero attached hydrogens (tertiary/aromatic N) is 1. The van der Waals surface area contributed by atoms with E-state index in [1.165, 1.54) is 28.1 Å². The van der Waals surface area contributed by atoms with E-state index in [4.69, 9.17) is 0 Å². The van der Waals surface area contributed by atoms with Crippen LogP contribution in [-0.4, -0.2) is 14.1 Å². The maximum absolute atomic E-state index is 2.31. The van der Waals surface area contributed by atoms with E-state index in [1.807, 2.05) is 0 Å². The van der Waals surface area contributed by atoms with Crippen LogP contribution in [0.4, 0.5) is 5.69 Å². The molecular weight excluding hydrogens is 218 g/mol. The molecular formula is C17H18N+. The number of quaternary nitrogens is 1. The maximum atomic E-state index is 2.31. The van der Waals surface area contributed by atoms with E-state index in [1.54, 1.807) is 0 Å². The molecule has 2 aromatic rings. The van der Waals surface area contributed by atoms with Gasteiger partial charge in [-0.2, -0.15) is 0 Å². The van der Waals surface area contributed by atoms with Gasteiger partial charge in [-0.05, 0) is 25.1 Å². The second-order valence-electron chi connectivity index (χ2n) is 5.41. The third kappa shape index (κ3) is 1.59. The Hall–Kier alpha value is -1.86. The van der Waals surface area contributed by atoms with Gasteiger partial charge in [-0.3, -0.25) is 4.48 Å². The highest BCUT2D eigenvalue weighted by molar-refractivity contribution is 5.95. The molecule has 1 aliphatic rings. The summed E-state index contributed by atoms with van der Waals surface area (Å²) in [4.78, 5) is 0. The van der Waals surface area contributed by atoms with Crippen LogP contribution in [0.25, 0.3) is 11.8 Å². The van der Waals surface area contributed by atoms with Gasteiger partial charge in [-0.1, -0.05) is 29.8 Å². The lowest BCUT2D eigenvalue weighted by atomic mass is 10.1. The van der Waals surface area contributed by atoms with Gasteiger partial charge in [0.1, 0.15) is 11.4 Å². The second-order valence-corrected chi connectivity index (χ2v) is 5.41. The summed E-state index contributed by atoms with van der Waals surface area (Å²) in [5, 5.41) is 0. The Morgan fingerprint density at radius 3 is 2.17 bits per heavy atom. The number of fused-ring (bicyclic) bond motifs is 1. The van der Waals surface area contributed by atoms with Gasteiger partial charge in [-0.25, -0.2) is 0 Å². The summed E-state index contributed by atoms with van der Waals surface area (Å²) in [5.74, 6) is 0. The Labute approximate surface area is 109 Å². The van der Waals surface area contributed by atoms with E-state index >= 15 is 0 Å². The molecule has 1 aliphatic heterocycles. The average molecular weight is 236 g/mol. The van der Waals surface area contributed by atoms with Crippen molar-refractivity contribution in [2.45, 2.75) is 6.92 Å². The van der Waals surface area contributed by atoms with Crippen molar-refractivity contribution in [3.05, 3.63) is 65.2 Å². The molecule has 1 heterocycles. The van der Waals surface area contributed by atoms with Crippen molar-refractivity contribution in [3.8, 4) is 0 Å². The predicted octanol–water partition coefficient (Wildman–Crippen LogP) is 4.07. The molecule has 0 atom stereocenters. The van der Waals surface area contributed by atoms with Crippen molar-refractivity contribution < 1.29 is 0 Å². The second kappa shape index (κ2) is 3.82. The predicted molar refractivity (Wildman–Crippen MR) is 79.1 cm³/mol. The monoisotopic (exact) mass is 236 g/mol. The molecule has 0 radical (unpaired) electrons. The number of hydrogen-bond donors (Lipinski definition) is 0. The third-order valence-electron chi connectivity index (χ3n) is 3.78. The largest absolute Gasteiger partial charge is 0.263 e. The third-order valence-corrected chi connectivity index (χ3v) is 3.78. The van der Waals surface area contributed by atoms with Gasteiger partial charge in [-0.15, -0.1) is 0 Å². The molecule has 1 heteroatoms. The Bertz CT molecular complexity index is 618. The standard InChI is InChI=1S/C17H18N/c1-13-8-10-14(11-9-13)17-12-15-6-4-5-7-16(15)18(17,2)3/h4-12H,1-3H3/q+1. The SMILES string of the molecule is Cc1ccc(C2=Cc3ccccc3[N+]2(C)C)cc1. The minimum atomic E-state index is 0.819. The Balaban J connectivity index is 2.13. The molecule has 0 saturated carbocycles. The molecule has 2 aromatic carbocycles. The molecule has 3 rings (SSSR count). The summed E-state index contributed by atoms with van der Waals surface area (Å²) in [6.07, 6.45) is 2.31. The van der Waals surface area contributed by atoms with E-state index < -0.39 is 0 Å². The number of hydrogen-bond acceptors (Lipinski definition) is 0. The van der Waals surface area contributed by atoms with E-state index in [2.05, 4.69) is 75.6 Å². The van der Waals surface area contributed by atoms with Crippen molar-refractivity contribution in [1.82, 2.24) is 4.48 Å². The molecule has 0 amide bonds. The van der Waals surface area contributed by atoms with Crippen LogP contribution in [0, 0.1) is 6.92 Å². The average Bonchev–Trinajstić information content (AvgIpc) is 2.63. The molecule has 0 fully saturated rings. The van der Waals surface area contributed by atoms with Gasteiger partial charge in [0.15, 0.2) is 0 Å². The topological polar surface area (TPSA) is 0 Å². The smallest absolute Gasteiger partial charge is 0.145 e. The van der Waals surface area contributed by atoms with Crippen LogP contribution in [-0.2, 0) is 0 Å². The van der Waals surface area contributed by atoms with Crippen molar-refractivity contribution in [2.24, 2.45) is 0 Å². The lowest BCUT2D eigenvalue weighted by molar-refractivity contribution is 0.575. The molecule has 1 nitrogen and oxygen atoms in total. The van der Waals surface area contributed by atoms with E-state index in [-0.39, 0.29) is 0 Å². The number of rotatable bonds is 1. The summed E-state index contributed by atoms with van der Waals surface area (Å²) in [5.41, 5.74) is 6.67. The highest BCUT2D eigenvalue weighted by Crippen LogP contribution is 2.41. The van der Waals surface area contributed by atoms with E-state index in [0.717, 1.165) is 4.48 Å². The first-order valence-electron chi connectivity index (χ1n) is 6.32. The molecule has 90 valence electrons. The van der Waals surface area contributed by atoms with E-state index in [9.17, 15) is 0 Å². The van der Waals surface area contributed by atoms with Crippen LogP contribution >= 0.6 is 0 Å². The minimum Gasteiger partial charge on any atom is -0.263 e. The van der Waals surface area contributed by atoms with E-state index in [0.29, 0.717) is 0 Å². The molecule has 0 saturated heterocycles. The van der Waals surface area contributed by atoms with Crippen LogP contribution < -0.4 is 4.48 Å². The van der Waals surface area contributed by atoms with Gasteiger partial charge < -0.3 is 0 Å². The van der Waals surface area contributed by atoms with Crippen molar-refractivity contribution in [1.29, 1.82) is 0 Å². The van der Waals surface area contributed by atoms with Gasteiger partial charge in [0, 0.05) is 23.3 Å². The minimum absolute atomic E-state index is 0.819. The fourth-order valence-corrected chi connectivity index (χ4v) is 2.69. The highest BCUT2D eigenvalue weighted by Gasteiger charge is 2.34. The quantitative estimate of drug-likeness (QED) is 0.655. The lowest BCUT2D eigenvalue weighted by Gasteiger charge is -2.27. The van der Waals surface area contributed by atoms with Crippen molar-refractivity contribution in [3.63, 3.8) is 0 Å². The number of para-hydroxylation sites is 1. The zero-order valence-corrected chi connectivity index (χ0v) is 11.1. The zero-order valence-electron chi connectivity index (χ0n) is 11.1. The summed E-state index contributed by atoms with van der Waals surface area (Å²) >= 11 is 0. The summed E-state index contributed by atoms with van der Waals surface area (Å²) in [6.45, 7) is 2.13. The van der Waals surface area contributed by atoms with Crippen LogP contribution in [0.5, 0.6) is 0 Å². The van der Waals surface area contributed by atoms with Crippen LogP contribution in [0.1, 0.15) is 16.7 Å². The fourth-order valence-electron chi connectivity index (χ4n) is 2.69. The zero-order chi connectivity index (χ0) is 12.8. The molecule has 0 N–H and O–H groups in total. The van der Waals surface area contributed by atoms with Crippen LogP contribution in [0.3, 0.4) is 0 Å². The normalized spacial score (nSPS) is 16.3. The van der Waals surface area contributed by atoms with Gasteiger partial charge in [0.2, 0.25) is 0 Å². The molecule has 0 aromatic heterocycles. The summed E-state index contributed by atoms with van der Waals surface area (Å²) in [7, 11) is 4.50. The molecule has 0 aliphatic carbocycles. The summed E-state index contributed by atoms with van der Waals surface area (Å²) in [6, 6.07) is 17.4. The van der Waals surface area contributed by atoms with Gasteiger partial charge >= 0.3 is 0 Å². The summed E-state index contributed by atoms with van der Waals surface area (Å²) < 4.78 is 0.819.